The van der Waals surface area contributed by atoms with Crippen LogP contribution in [0.5, 0.6) is 0 Å². The van der Waals surface area contributed by atoms with E-state index in [1.807, 2.05) is 0 Å². The van der Waals surface area contributed by atoms with Gasteiger partial charge in [-0.2, -0.15) is 0 Å². The van der Waals surface area contributed by atoms with Crippen molar-refractivity contribution in [3.63, 3.8) is 0 Å². The molecule has 0 bridgehead atoms. The zero-order valence-electron chi connectivity index (χ0n) is 8.43. The molecule has 0 aliphatic heterocycles. The number of hydrogen-bond donors (Lipinski definition) is 1. The Morgan fingerprint density at radius 3 is 2.87 bits per heavy atom. The van der Waals surface area contributed by atoms with Crippen LogP contribution >= 0.6 is 15.9 Å². The monoisotopic (exact) mass is 275 g/mol. The minimum Gasteiger partial charge on any atom is -0.450 e. The number of amides is 1. The van der Waals surface area contributed by atoms with Crippen molar-refractivity contribution in [1.29, 1.82) is 0 Å². The van der Waals surface area contributed by atoms with E-state index >= 15 is 0 Å². The Hall–Kier alpha value is -1.10. The lowest BCUT2D eigenvalue weighted by molar-refractivity contribution is 0.168. The molecular formula is C10H11BrFNO2. The largest absolute Gasteiger partial charge is 0.450 e. The molecule has 0 spiro atoms. The van der Waals surface area contributed by atoms with Crippen LogP contribution in [0.15, 0.2) is 16.6 Å². The average Bonchev–Trinajstić information content (AvgIpc) is 2.14. The van der Waals surface area contributed by atoms with Crippen LogP contribution in [0.3, 0.4) is 0 Å². The van der Waals surface area contributed by atoms with Gasteiger partial charge in [-0.15, -0.1) is 0 Å². The van der Waals surface area contributed by atoms with E-state index in [2.05, 4.69) is 26.0 Å². The fourth-order valence-corrected chi connectivity index (χ4v) is 1.36. The first-order chi connectivity index (χ1) is 7.04. The van der Waals surface area contributed by atoms with E-state index in [1.165, 1.54) is 12.1 Å². The van der Waals surface area contributed by atoms with E-state index in [0.717, 1.165) is 10.0 Å². The first-order valence-corrected chi connectivity index (χ1v) is 5.23. The summed E-state index contributed by atoms with van der Waals surface area (Å²) in [6.07, 6.45) is -0.660. The highest BCUT2D eigenvalue weighted by atomic mass is 79.9. The molecule has 0 aliphatic rings. The SMILES string of the molecule is CCOC(=O)Nc1cc(Br)c(C)cc1F. The van der Waals surface area contributed by atoms with Crippen molar-refractivity contribution in [2.75, 3.05) is 11.9 Å². The molecule has 1 rings (SSSR count). The van der Waals surface area contributed by atoms with Gasteiger partial charge >= 0.3 is 6.09 Å². The number of halogens is 2. The molecule has 0 unspecified atom stereocenters. The lowest BCUT2D eigenvalue weighted by atomic mass is 10.2. The van der Waals surface area contributed by atoms with Gasteiger partial charge in [0.2, 0.25) is 0 Å². The Bertz CT molecular complexity index is 382. The molecule has 0 aromatic heterocycles. The van der Waals surface area contributed by atoms with Gasteiger partial charge in [0, 0.05) is 4.47 Å². The number of hydrogen-bond acceptors (Lipinski definition) is 2. The Morgan fingerprint density at radius 1 is 1.60 bits per heavy atom. The van der Waals surface area contributed by atoms with Crippen molar-refractivity contribution in [2.24, 2.45) is 0 Å². The summed E-state index contributed by atoms with van der Waals surface area (Å²) in [6.45, 7) is 3.70. The Morgan fingerprint density at radius 2 is 2.27 bits per heavy atom. The minimum absolute atomic E-state index is 0.103. The van der Waals surface area contributed by atoms with Crippen LogP contribution in [0.2, 0.25) is 0 Å². The Labute approximate surface area is 95.7 Å². The quantitative estimate of drug-likeness (QED) is 0.898. The van der Waals surface area contributed by atoms with E-state index in [4.69, 9.17) is 0 Å². The number of anilines is 1. The second-order valence-electron chi connectivity index (χ2n) is 2.93. The maximum Gasteiger partial charge on any atom is 0.411 e. The van der Waals surface area contributed by atoms with Crippen molar-refractivity contribution >= 4 is 27.7 Å². The van der Waals surface area contributed by atoms with Gasteiger partial charge in [0.25, 0.3) is 0 Å². The Kier molecular flexibility index (Phi) is 4.08. The summed E-state index contributed by atoms with van der Waals surface area (Å²) in [7, 11) is 0. The predicted octanol–water partition coefficient (Wildman–Crippen LogP) is 3.47. The Balaban J connectivity index is 2.86. The third kappa shape index (κ3) is 3.20. The topological polar surface area (TPSA) is 38.3 Å². The van der Waals surface area contributed by atoms with E-state index in [-0.39, 0.29) is 12.3 Å². The van der Waals surface area contributed by atoms with Gasteiger partial charge in [-0.25, -0.2) is 9.18 Å². The van der Waals surface area contributed by atoms with Crippen molar-refractivity contribution in [2.45, 2.75) is 13.8 Å². The molecule has 0 aliphatic carbocycles. The molecule has 0 atom stereocenters. The summed E-state index contributed by atoms with van der Waals surface area (Å²) in [5, 5.41) is 2.31. The molecule has 1 amide bonds. The normalized spacial score (nSPS) is 9.87. The standard InChI is InChI=1S/C10H11BrFNO2/c1-3-15-10(14)13-9-5-7(11)6(2)4-8(9)12/h4-5H,3H2,1-2H3,(H,13,14). The third-order valence-electron chi connectivity index (χ3n) is 1.76. The number of nitrogens with one attached hydrogen (secondary N) is 1. The molecule has 0 heterocycles. The van der Waals surface area contributed by atoms with Crippen LogP contribution in [-0.2, 0) is 4.74 Å². The molecule has 15 heavy (non-hydrogen) atoms. The van der Waals surface area contributed by atoms with E-state index < -0.39 is 11.9 Å². The maximum absolute atomic E-state index is 13.3. The summed E-state index contributed by atoms with van der Waals surface area (Å²) in [4.78, 5) is 11.0. The van der Waals surface area contributed by atoms with Gasteiger partial charge in [-0.3, -0.25) is 5.32 Å². The van der Waals surface area contributed by atoms with Gasteiger partial charge in [0.15, 0.2) is 0 Å². The molecule has 1 N–H and O–H groups in total. The number of carbonyl (C=O) groups excluding carboxylic acids is 1. The predicted molar refractivity (Wildman–Crippen MR) is 59.5 cm³/mol. The fourth-order valence-electron chi connectivity index (χ4n) is 1.02. The molecule has 3 nitrogen and oxygen atoms in total. The first-order valence-electron chi connectivity index (χ1n) is 4.44. The van der Waals surface area contributed by atoms with Crippen molar-refractivity contribution < 1.29 is 13.9 Å². The second-order valence-corrected chi connectivity index (χ2v) is 3.78. The smallest absolute Gasteiger partial charge is 0.411 e. The van der Waals surface area contributed by atoms with Crippen molar-refractivity contribution in [3.05, 3.63) is 28.0 Å². The van der Waals surface area contributed by atoms with Crippen LogP contribution in [-0.4, -0.2) is 12.7 Å². The summed E-state index contributed by atoms with van der Waals surface area (Å²) in [6, 6.07) is 2.84. The zero-order chi connectivity index (χ0) is 11.4. The average molecular weight is 276 g/mol. The van der Waals surface area contributed by atoms with Crippen LogP contribution in [0.25, 0.3) is 0 Å². The zero-order valence-corrected chi connectivity index (χ0v) is 10.0. The molecule has 1 aromatic carbocycles. The maximum atomic E-state index is 13.3. The van der Waals surface area contributed by atoms with Crippen molar-refractivity contribution in [1.82, 2.24) is 0 Å². The highest BCUT2D eigenvalue weighted by molar-refractivity contribution is 9.10. The minimum atomic E-state index is -0.660. The van der Waals surface area contributed by atoms with Gasteiger partial charge < -0.3 is 4.74 Å². The van der Waals surface area contributed by atoms with Crippen LogP contribution in [0, 0.1) is 12.7 Å². The van der Waals surface area contributed by atoms with E-state index in [1.54, 1.807) is 13.8 Å². The summed E-state index contributed by atoms with van der Waals surface area (Å²) < 4.78 is 18.7. The summed E-state index contributed by atoms with van der Waals surface area (Å²) in [5.41, 5.74) is 0.868. The third-order valence-corrected chi connectivity index (χ3v) is 2.61. The molecule has 5 heteroatoms. The summed E-state index contributed by atoms with van der Waals surface area (Å²) in [5.74, 6) is -0.483. The van der Waals surface area contributed by atoms with E-state index in [9.17, 15) is 9.18 Å². The highest BCUT2D eigenvalue weighted by Crippen LogP contribution is 2.24. The number of carbonyl (C=O) groups is 1. The number of aryl methyl sites for hydroxylation is 1. The number of ether oxygens (including phenoxy) is 1. The second kappa shape index (κ2) is 5.11. The lowest BCUT2D eigenvalue weighted by Gasteiger charge is -2.08. The highest BCUT2D eigenvalue weighted by Gasteiger charge is 2.09. The van der Waals surface area contributed by atoms with Gasteiger partial charge in [-0.05, 0) is 31.5 Å². The van der Waals surface area contributed by atoms with Gasteiger partial charge in [0.05, 0.1) is 12.3 Å². The molecule has 1 aromatic rings. The molecule has 0 fully saturated rings. The van der Waals surface area contributed by atoms with Gasteiger partial charge in [-0.1, -0.05) is 15.9 Å². The van der Waals surface area contributed by atoms with Crippen LogP contribution in [0.4, 0.5) is 14.9 Å². The van der Waals surface area contributed by atoms with Crippen LogP contribution in [0.1, 0.15) is 12.5 Å². The van der Waals surface area contributed by atoms with Crippen molar-refractivity contribution in [3.8, 4) is 0 Å². The molecule has 0 radical (unpaired) electrons. The molecule has 0 saturated carbocycles. The fraction of sp³-hybridized carbons (Fsp3) is 0.300. The number of rotatable bonds is 2. The number of benzene rings is 1. The first kappa shape index (κ1) is 12.0. The summed E-state index contributed by atoms with van der Waals surface area (Å²) >= 11 is 3.25. The molecular weight excluding hydrogens is 265 g/mol. The molecule has 82 valence electrons. The molecule has 0 saturated heterocycles. The van der Waals surface area contributed by atoms with Crippen LogP contribution < -0.4 is 5.32 Å². The van der Waals surface area contributed by atoms with E-state index in [0.29, 0.717) is 0 Å². The lowest BCUT2D eigenvalue weighted by Crippen LogP contribution is -2.14. The van der Waals surface area contributed by atoms with Gasteiger partial charge in [0.1, 0.15) is 5.82 Å².